The Bertz CT molecular complexity index is 1050. The van der Waals surface area contributed by atoms with Gasteiger partial charge in [-0.25, -0.2) is 9.36 Å². The van der Waals surface area contributed by atoms with Crippen molar-refractivity contribution in [2.45, 2.75) is 19.3 Å². The third-order valence-electron chi connectivity index (χ3n) is 4.42. The molecule has 0 bridgehead atoms. The van der Waals surface area contributed by atoms with Crippen LogP contribution in [0.3, 0.4) is 0 Å². The number of pyridine rings is 1. The molecule has 3 aromatic rings. The SMILES string of the molecule is O=C(NCCC1CC1)Oc1nc2cccc(Cl)c2c(=O)n1-c1cccnc1. The molecule has 0 saturated heterocycles. The number of ether oxygens (including phenoxy) is 1. The van der Waals surface area contributed by atoms with Crippen molar-refractivity contribution in [1.29, 1.82) is 0 Å². The van der Waals surface area contributed by atoms with Gasteiger partial charge in [-0.05, 0) is 36.6 Å². The number of hydrogen-bond acceptors (Lipinski definition) is 5. The van der Waals surface area contributed by atoms with Crippen molar-refractivity contribution in [3.05, 3.63) is 58.1 Å². The average molecular weight is 385 g/mol. The first-order valence-corrected chi connectivity index (χ1v) is 9.08. The summed E-state index contributed by atoms with van der Waals surface area (Å²) in [6.45, 7) is 0.528. The smallest absolute Gasteiger partial charge is 0.375 e. The summed E-state index contributed by atoms with van der Waals surface area (Å²) in [4.78, 5) is 33.6. The van der Waals surface area contributed by atoms with Gasteiger partial charge in [-0.15, -0.1) is 0 Å². The molecule has 2 heterocycles. The van der Waals surface area contributed by atoms with Crippen molar-refractivity contribution < 1.29 is 9.53 Å². The zero-order chi connectivity index (χ0) is 18.8. The number of nitrogens with one attached hydrogen (secondary N) is 1. The highest BCUT2D eigenvalue weighted by molar-refractivity contribution is 6.35. The summed E-state index contributed by atoms with van der Waals surface area (Å²) in [5.41, 5.74) is 0.352. The molecule has 1 fully saturated rings. The zero-order valence-electron chi connectivity index (χ0n) is 14.4. The van der Waals surface area contributed by atoms with Crippen molar-refractivity contribution in [3.63, 3.8) is 0 Å². The molecule has 0 aliphatic heterocycles. The molecule has 27 heavy (non-hydrogen) atoms. The molecule has 4 rings (SSSR count). The van der Waals surface area contributed by atoms with Gasteiger partial charge in [0.1, 0.15) is 0 Å². The third kappa shape index (κ3) is 3.78. The number of carbonyl (C=O) groups is 1. The Labute approximate surface area is 160 Å². The van der Waals surface area contributed by atoms with Crippen LogP contribution in [0.2, 0.25) is 5.02 Å². The number of benzene rings is 1. The first-order valence-electron chi connectivity index (χ1n) is 8.71. The van der Waals surface area contributed by atoms with Crippen LogP contribution in [0.1, 0.15) is 19.3 Å². The van der Waals surface area contributed by atoms with Gasteiger partial charge in [-0.3, -0.25) is 9.78 Å². The van der Waals surface area contributed by atoms with Gasteiger partial charge in [0.2, 0.25) is 0 Å². The maximum Gasteiger partial charge on any atom is 0.415 e. The van der Waals surface area contributed by atoms with Gasteiger partial charge in [0.15, 0.2) is 0 Å². The summed E-state index contributed by atoms with van der Waals surface area (Å²) in [5.74, 6) is 0.694. The van der Waals surface area contributed by atoms with Crippen LogP contribution in [0.5, 0.6) is 6.01 Å². The van der Waals surface area contributed by atoms with Gasteiger partial charge in [-0.1, -0.05) is 30.5 Å². The van der Waals surface area contributed by atoms with Gasteiger partial charge in [0, 0.05) is 12.7 Å². The van der Waals surface area contributed by atoms with Gasteiger partial charge < -0.3 is 10.1 Å². The minimum Gasteiger partial charge on any atom is -0.375 e. The number of halogens is 1. The largest absolute Gasteiger partial charge is 0.415 e. The highest BCUT2D eigenvalue weighted by Crippen LogP contribution is 2.31. The van der Waals surface area contributed by atoms with Crippen LogP contribution in [-0.4, -0.2) is 27.2 Å². The van der Waals surface area contributed by atoms with Crippen molar-refractivity contribution in [3.8, 4) is 11.7 Å². The summed E-state index contributed by atoms with van der Waals surface area (Å²) in [6, 6.07) is 8.17. The fourth-order valence-corrected chi connectivity index (χ4v) is 3.11. The van der Waals surface area contributed by atoms with Gasteiger partial charge in [0.25, 0.3) is 5.56 Å². The van der Waals surface area contributed by atoms with Crippen molar-refractivity contribution >= 4 is 28.6 Å². The average Bonchev–Trinajstić information content (AvgIpc) is 3.47. The van der Waals surface area contributed by atoms with Gasteiger partial charge in [-0.2, -0.15) is 4.98 Å². The molecule has 8 heteroatoms. The second kappa shape index (κ2) is 7.36. The zero-order valence-corrected chi connectivity index (χ0v) is 15.1. The Hall–Kier alpha value is -2.93. The van der Waals surface area contributed by atoms with Crippen LogP contribution in [0.15, 0.2) is 47.5 Å². The van der Waals surface area contributed by atoms with Crippen molar-refractivity contribution in [2.75, 3.05) is 6.54 Å². The lowest BCUT2D eigenvalue weighted by atomic mass is 10.2. The Morgan fingerprint density at radius 2 is 2.15 bits per heavy atom. The Morgan fingerprint density at radius 3 is 2.89 bits per heavy atom. The molecule has 1 N–H and O–H groups in total. The Balaban J connectivity index is 1.73. The minimum absolute atomic E-state index is 0.133. The molecule has 138 valence electrons. The molecule has 7 nitrogen and oxygen atoms in total. The summed E-state index contributed by atoms with van der Waals surface area (Å²) in [7, 11) is 0. The van der Waals surface area contributed by atoms with E-state index in [9.17, 15) is 9.59 Å². The molecule has 1 aromatic carbocycles. The monoisotopic (exact) mass is 384 g/mol. The molecule has 2 aromatic heterocycles. The lowest BCUT2D eigenvalue weighted by Crippen LogP contribution is -2.31. The molecule has 1 aliphatic carbocycles. The maximum absolute atomic E-state index is 13.1. The molecular formula is C19H17ClN4O3. The number of amides is 1. The first-order chi connectivity index (χ1) is 13.1. The van der Waals surface area contributed by atoms with Crippen LogP contribution >= 0.6 is 11.6 Å². The Kier molecular flexibility index (Phi) is 4.77. The van der Waals surface area contributed by atoms with E-state index in [0.717, 1.165) is 6.42 Å². The standard InChI is InChI=1S/C19H17ClN4O3/c20-14-4-1-5-15-16(14)17(25)24(13-3-2-9-21-11-13)18(23-15)27-19(26)22-10-8-12-6-7-12/h1-5,9,11-12H,6-8,10H2,(H,22,26). The Morgan fingerprint density at radius 1 is 1.30 bits per heavy atom. The molecule has 0 spiro atoms. The highest BCUT2D eigenvalue weighted by Gasteiger charge is 2.22. The van der Waals surface area contributed by atoms with Gasteiger partial charge in [0.05, 0.1) is 27.8 Å². The second-order valence-corrected chi connectivity index (χ2v) is 6.84. The quantitative estimate of drug-likeness (QED) is 0.729. The first kappa shape index (κ1) is 17.5. The van der Waals surface area contributed by atoms with E-state index >= 15 is 0 Å². The molecular weight excluding hydrogens is 368 g/mol. The molecule has 0 unspecified atom stereocenters. The van der Waals surface area contributed by atoms with E-state index in [1.807, 2.05) is 0 Å². The normalized spacial score (nSPS) is 13.5. The summed E-state index contributed by atoms with van der Waals surface area (Å²) < 4.78 is 6.56. The van der Waals surface area contributed by atoms with E-state index in [2.05, 4.69) is 15.3 Å². The fourth-order valence-electron chi connectivity index (χ4n) is 2.86. The van der Waals surface area contributed by atoms with Crippen LogP contribution in [-0.2, 0) is 0 Å². The lowest BCUT2D eigenvalue weighted by molar-refractivity contribution is 0.195. The predicted octanol–water partition coefficient (Wildman–Crippen LogP) is 3.32. The van der Waals surface area contributed by atoms with E-state index in [0.29, 0.717) is 23.7 Å². The third-order valence-corrected chi connectivity index (χ3v) is 4.74. The topological polar surface area (TPSA) is 86.1 Å². The number of fused-ring (bicyclic) bond motifs is 1. The van der Waals surface area contributed by atoms with Crippen LogP contribution < -0.4 is 15.6 Å². The van der Waals surface area contributed by atoms with E-state index in [1.165, 1.54) is 23.6 Å². The number of rotatable bonds is 5. The molecule has 0 atom stereocenters. The van der Waals surface area contributed by atoms with Crippen LogP contribution in [0, 0.1) is 5.92 Å². The molecule has 1 aliphatic rings. The maximum atomic E-state index is 13.1. The molecule has 1 amide bonds. The number of hydrogen-bond donors (Lipinski definition) is 1. The van der Waals surface area contributed by atoms with Crippen LogP contribution in [0.4, 0.5) is 4.79 Å². The van der Waals surface area contributed by atoms with Crippen LogP contribution in [0.25, 0.3) is 16.6 Å². The summed E-state index contributed by atoms with van der Waals surface area (Å²) >= 11 is 6.19. The minimum atomic E-state index is -0.651. The summed E-state index contributed by atoms with van der Waals surface area (Å²) in [5, 5.41) is 3.24. The van der Waals surface area contributed by atoms with Crippen molar-refractivity contribution in [2.24, 2.45) is 5.92 Å². The molecule has 1 saturated carbocycles. The van der Waals surface area contributed by atoms with Crippen molar-refractivity contribution in [1.82, 2.24) is 19.9 Å². The predicted molar refractivity (Wildman–Crippen MR) is 102 cm³/mol. The summed E-state index contributed by atoms with van der Waals surface area (Å²) in [6.07, 6.45) is 5.77. The second-order valence-electron chi connectivity index (χ2n) is 6.43. The van der Waals surface area contributed by atoms with E-state index in [4.69, 9.17) is 16.3 Å². The van der Waals surface area contributed by atoms with E-state index < -0.39 is 11.7 Å². The fraction of sp³-hybridized carbons (Fsp3) is 0.263. The van der Waals surface area contributed by atoms with Gasteiger partial charge >= 0.3 is 12.1 Å². The number of nitrogens with zero attached hydrogens (tertiary/aromatic N) is 3. The highest BCUT2D eigenvalue weighted by atomic mass is 35.5. The number of aromatic nitrogens is 3. The molecule has 0 radical (unpaired) electrons. The lowest BCUT2D eigenvalue weighted by Gasteiger charge is -2.13. The van der Waals surface area contributed by atoms with E-state index in [1.54, 1.807) is 36.5 Å². The number of carbonyl (C=O) groups excluding carboxylic acids is 1. The van der Waals surface area contributed by atoms with E-state index in [-0.39, 0.29) is 16.4 Å².